The summed E-state index contributed by atoms with van der Waals surface area (Å²) in [5.41, 5.74) is 8.34. The second kappa shape index (κ2) is 4.59. The van der Waals surface area contributed by atoms with E-state index >= 15 is 0 Å². The third kappa shape index (κ3) is 2.86. The Morgan fingerprint density at radius 1 is 1.38 bits per heavy atom. The first kappa shape index (κ1) is 13.3. The van der Waals surface area contributed by atoms with Crippen molar-refractivity contribution in [2.75, 3.05) is 13.1 Å². The van der Waals surface area contributed by atoms with Gasteiger partial charge in [0.2, 0.25) is 0 Å². The number of hydrogen-bond acceptors (Lipinski definition) is 3. The molecule has 2 unspecified atom stereocenters. The van der Waals surface area contributed by atoms with E-state index in [1.54, 1.807) is 0 Å². The van der Waals surface area contributed by atoms with Gasteiger partial charge in [-0.15, -0.1) is 0 Å². The van der Waals surface area contributed by atoms with Crippen LogP contribution in [0.3, 0.4) is 0 Å². The second-order valence-corrected chi connectivity index (χ2v) is 5.68. The Hall–Kier alpha value is -0.810. The smallest absolute Gasteiger partial charge is 0.185 e. The first-order chi connectivity index (χ1) is 7.27. The highest BCUT2D eigenvalue weighted by molar-refractivity contribution is 5.60. The van der Waals surface area contributed by atoms with Crippen LogP contribution in [0, 0.1) is 0 Å². The van der Waals surface area contributed by atoms with Crippen LogP contribution in [-0.4, -0.2) is 35.4 Å². The highest BCUT2D eigenvalue weighted by Gasteiger charge is 2.42. The number of nitrogens with two attached hydrogens (primary N) is 1. The topological polar surface area (TPSA) is 78.2 Å². The van der Waals surface area contributed by atoms with Crippen molar-refractivity contribution in [2.45, 2.75) is 51.6 Å². The van der Waals surface area contributed by atoms with E-state index in [9.17, 15) is 9.90 Å². The molecule has 1 amide bonds. The number of nitrogens with zero attached hydrogens (tertiary/aromatic N) is 1. The summed E-state index contributed by atoms with van der Waals surface area (Å²) in [6.45, 7) is 7.64. The van der Waals surface area contributed by atoms with Crippen molar-refractivity contribution in [3.63, 3.8) is 0 Å². The lowest BCUT2D eigenvalue weighted by atomic mass is 10.0. The molecular weight excluding hydrogens is 206 g/mol. The molecule has 0 aromatic carbocycles. The third-order valence-electron chi connectivity index (χ3n) is 3.59. The van der Waals surface area contributed by atoms with Crippen molar-refractivity contribution < 1.29 is 14.5 Å². The molecule has 0 aromatic heterocycles. The molecule has 0 spiro atoms. The Balaban J connectivity index is 2.90. The van der Waals surface area contributed by atoms with Gasteiger partial charge in [-0.1, -0.05) is 0 Å². The fourth-order valence-corrected chi connectivity index (χ4v) is 2.39. The molecule has 3 N–H and O–H groups in total. The van der Waals surface area contributed by atoms with Crippen molar-refractivity contribution in [3.05, 3.63) is 0 Å². The number of likely N-dealkylation sites (tertiary alicyclic amines) is 1. The highest BCUT2D eigenvalue weighted by atomic mass is 16.4. The molecule has 0 radical (unpaired) electrons. The Kier molecular flexibility index (Phi) is 3.80. The average Bonchev–Trinajstić information content (AvgIpc) is 2.27. The molecule has 1 aliphatic heterocycles. The second-order valence-electron chi connectivity index (χ2n) is 5.68. The lowest BCUT2D eigenvalue weighted by Crippen LogP contribution is -2.71. The molecule has 1 fully saturated rings. The predicted molar refractivity (Wildman–Crippen MR) is 60.1 cm³/mol. The molecule has 2 atom stereocenters. The van der Waals surface area contributed by atoms with E-state index < -0.39 is 6.09 Å². The molecule has 94 valence electrons. The molecule has 5 heteroatoms. The third-order valence-corrected chi connectivity index (χ3v) is 3.59. The van der Waals surface area contributed by atoms with Gasteiger partial charge in [0.05, 0.1) is 0 Å². The zero-order valence-corrected chi connectivity index (χ0v) is 10.5. The van der Waals surface area contributed by atoms with Crippen LogP contribution in [0.25, 0.3) is 0 Å². The predicted octanol–water partition coefficient (Wildman–Crippen LogP) is -0.0392. The van der Waals surface area contributed by atoms with Gasteiger partial charge >= 0.3 is 0 Å². The molecule has 0 bridgehead atoms. The Morgan fingerprint density at radius 3 is 2.50 bits per heavy atom. The van der Waals surface area contributed by atoms with Gasteiger partial charge < -0.3 is 15.6 Å². The molecule has 5 nitrogen and oxygen atoms in total. The summed E-state index contributed by atoms with van der Waals surface area (Å²) in [6.07, 6.45) is 1.55. The molecule has 16 heavy (non-hydrogen) atoms. The van der Waals surface area contributed by atoms with E-state index in [0.717, 1.165) is 32.4 Å². The van der Waals surface area contributed by atoms with Gasteiger partial charge in [0.1, 0.15) is 18.6 Å². The number of quaternary nitrogens is 1. The van der Waals surface area contributed by atoms with Crippen LogP contribution in [-0.2, 0) is 0 Å². The summed E-state index contributed by atoms with van der Waals surface area (Å²) < 4.78 is 0.350. The van der Waals surface area contributed by atoms with Gasteiger partial charge in [0.15, 0.2) is 6.09 Å². The number of rotatable bonds is 1. The molecule has 0 aromatic rings. The normalized spacial score (nSPS) is 31.9. The number of carbonyl (C=O) groups is 1. The van der Waals surface area contributed by atoms with Crippen LogP contribution in [0.1, 0.15) is 40.0 Å². The van der Waals surface area contributed by atoms with Crippen molar-refractivity contribution in [1.82, 2.24) is 5.43 Å². The summed E-state index contributed by atoms with van der Waals surface area (Å²) >= 11 is 0. The molecular formula is C11H23N3O2. The number of nitrogens with one attached hydrogen (secondary N) is 1. The first-order valence-electron chi connectivity index (χ1n) is 5.89. The maximum atomic E-state index is 10.8. The van der Waals surface area contributed by atoms with E-state index in [2.05, 4.69) is 5.43 Å². The standard InChI is InChI=1S/C11H23N3O2/c1-11(2,3)14(13-10(15)16)7-4-5-9(12)6-8-14/h9,13H,4-8,12H2,1-3H3. The van der Waals surface area contributed by atoms with Crippen molar-refractivity contribution in [1.29, 1.82) is 0 Å². The van der Waals surface area contributed by atoms with Gasteiger partial charge in [-0.2, -0.15) is 0 Å². The molecule has 1 rings (SSSR count). The fourth-order valence-electron chi connectivity index (χ4n) is 2.39. The fraction of sp³-hybridized carbons (Fsp3) is 0.909. The number of carbonyl (C=O) groups excluding carboxylic acids is 1. The molecule has 0 aliphatic carbocycles. The first-order valence-corrected chi connectivity index (χ1v) is 5.89. The molecule has 1 saturated heterocycles. The zero-order chi connectivity index (χ0) is 12.4. The molecule has 1 aliphatic rings. The minimum Gasteiger partial charge on any atom is -0.526 e. The lowest BCUT2D eigenvalue weighted by molar-refractivity contribution is -1.00. The van der Waals surface area contributed by atoms with Crippen LogP contribution < -0.4 is 16.3 Å². The minimum absolute atomic E-state index is 0.176. The van der Waals surface area contributed by atoms with Gasteiger partial charge in [0.25, 0.3) is 0 Å². The van der Waals surface area contributed by atoms with Crippen LogP contribution >= 0.6 is 0 Å². The van der Waals surface area contributed by atoms with Crippen LogP contribution in [0.15, 0.2) is 0 Å². The van der Waals surface area contributed by atoms with Crippen molar-refractivity contribution in [2.24, 2.45) is 5.73 Å². The van der Waals surface area contributed by atoms with Gasteiger partial charge in [-0.05, 0) is 27.2 Å². The van der Waals surface area contributed by atoms with Gasteiger partial charge in [0, 0.05) is 18.9 Å². The summed E-state index contributed by atoms with van der Waals surface area (Å²) in [5, 5.41) is 10.8. The van der Waals surface area contributed by atoms with E-state index in [0.29, 0.717) is 4.59 Å². The Bertz CT molecular complexity index is 262. The summed E-state index contributed by atoms with van der Waals surface area (Å²) in [7, 11) is 0. The maximum Gasteiger partial charge on any atom is 0.185 e. The minimum atomic E-state index is -1.20. The van der Waals surface area contributed by atoms with Gasteiger partial charge in [-0.3, -0.25) is 0 Å². The van der Waals surface area contributed by atoms with Crippen LogP contribution in [0.2, 0.25) is 0 Å². The lowest BCUT2D eigenvalue weighted by Gasteiger charge is -2.47. The summed E-state index contributed by atoms with van der Waals surface area (Å²) in [5.74, 6) is 0. The van der Waals surface area contributed by atoms with Crippen molar-refractivity contribution in [3.8, 4) is 0 Å². The number of carboxylic acid groups (broad SMARTS) is 1. The largest absolute Gasteiger partial charge is 0.526 e. The van der Waals surface area contributed by atoms with E-state index in [-0.39, 0.29) is 11.6 Å². The highest BCUT2D eigenvalue weighted by Crippen LogP contribution is 2.26. The molecule has 0 saturated carbocycles. The molecule has 1 heterocycles. The van der Waals surface area contributed by atoms with Crippen LogP contribution in [0.5, 0.6) is 0 Å². The van der Waals surface area contributed by atoms with Crippen LogP contribution in [0.4, 0.5) is 4.79 Å². The van der Waals surface area contributed by atoms with Gasteiger partial charge in [-0.25, -0.2) is 10.0 Å². The summed E-state index contributed by atoms with van der Waals surface area (Å²) in [4.78, 5) is 10.8. The number of amides is 1. The van der Waals surface area contributed by atoms with E-state index in [1.807, 2.05) is 20.8 Å². The van der Waals surface area contributed by atoms with Crippen molar-refractivity contribution >= 4 is 6.09 Å². The monoisotopic (exact) mass is 229 g/mol. The van der Waals surface area contributed by atoms with E-state index in [4.69, 9.17) is 5.73 Å². The summed E-state index contributed by atoms with van der Waals surface area (Å²) in [6, 6.07) is 0.186. The quantitative estimate of drug-likeness (QED) is 0.619. The zero-order valence-electron chi connectivity index (χ0n) is 10.5. The SMILES string of the molecule is CC(C)(C)[N+]1(NC(=O)[O-])CCCC(N)CC1. The average molecular weight is 229 g/mol. The Morgan fingerprint density at radius 2 is 2.00 bits per heavy atom. The maximum absolute atomic E-state index is 10.8. The Labute approximate surface area is 97.2 Å². The number of hydrogen-bond donors (Lipinski definition) is 2. The van der Waals surface area contributed by atoms with E-state index in [1.165, 1.54) is 0 Å².